The van der Waals surface area contributed by atoms with Crippen LogP contribution in [0, 0.1) is 6.92 Å². The van der Waals surface area contributed by atoms with Crippen molar-refractivity contribution in [2.45, 2.75) is 13.5 Å². The summed E-state index contributed by atoms with van der Waals surface area (Å²) in [6, 6.07) is 15.5. The summed E-state index contributed by atoms with van der Waals surface area (Å²) in [4.78, 5) is 4.49. The molecule has 3 nitrogen and oxygen atoms in total. The molecule has 3 rings (SSSR count). The van der Waals surface area contributed by atoms with Crippen LogP contribution in [0.5, 0.6) is 11.6 Å². The van der Waals surface area contributed by atoms with E-state index in [1.807, 2.05) is 55.5 Å². The van der Waals surface area contributed by atoms with Gasteiger partial charge in [0.15, 0.2) is 0 Å². The van der Waals surface area contributed by atoms with Crippen molar-refractivity contribution >= 4 is 22.4 Å². The van der Waals surface area contributed by atoms with Gasteiger partial charge in [0.05, 0.1) is 5.69 Å². The lowest BCUT2D eigenvalue weighted by molar-refractivity contribution is 0.467. The van der Waals surface area contributed by atoms with Gasteiger partial charge in [0.25, 0.3) is 0 Å². The van der Waals surface area contributed by atoms with Gasteiger partial charge in [0.1, 0.15) is 5.75 Å². The number of aryl methyl sites for hydroxylation is 1. The first-order valence-electron chi connectivity index (χ1n) is 6.70. The lowest BCUT2D eigenvalue weighted by Crippen LogP contribution is -2.01. The third-order valence-electron chi connectivity index (χ3n) is 3.31. The molecule has 3 aromatic rings. The number of hydrogen-bond acceptors (Lipinski definition) is 3. The molecule has 0 saturated carbocycles. The number of halogens is 1. The number of ether oxygens (including phenoxy) is 1. The number of aromatic nitrogens is 1. The molecule has 0 aliphatic carbocycles. The number of pyridine rings is 1. The first-order chi connectivity index (χ1) is 10.2. The van der Waals surface area contributed by atoms with Crippen LogP contribution in [0.4, 0.5) is 0 Å². The summed E-state index contributed by atoms with van der Waals surface area (Å²) in [5, 5.41) is 2.74. The van der Waals surface area contributed by atoms with E-state index in [0.717, 1.165) is 27.1 Å². The molecule has 106 valence electrons. The van der Waals surface area contributed by atoms with Gasteiger partial charge in [-0.25, -0.2) is 4.98 Å². The first-order valence-corrected chi connectivity index (χ1v) is 7.08. The van der Waals surface area contributed by atoms with Gasteiger partial charge in [-0.2, -0.15) is 0 Å². The fourth-order valence-corrected chi connectivity index (χ4v) is 2.31. The van der Waals surface area contributed by atoms with Crippen molar-refractivity contribution in [1.82, 2.24) is 4.98 Å². The smallest absolute Gasteiger partial charge is 0.227 e. The standard InChI is InChI=1S/C17H15ClN2O/c1-11-8-14(6-7-16(11)18)21-17-15-5-3-2-4-12(15)9-13(10-19)20-17/h2-9H,10,19H2,1H3. The van der Waals surface area contributed by atoms with Crippen LogP contribution in [0.2, 0.25) is 5.02 Å². The van der Waals surface area contributed by atoms with E-state index in [0.29, 0.717) is 18.2 Å². The highest BCUT2D eigenvalue weighted by molar-refractivity contribution is 6.31. The van der Waals surface area contributed by atoms with E-state index in [4.69, 9.17) is 22.1 Å². The van der Waals surface area contributed by atoms with Crippen LogP contribution in [0.15, 0.2) is 48.5 Å². The van der Waals surface area contributed by atoms with Crippen LogP contribution in [-0.4, -0.2) is 4.98 Å². The van der Waals surface area contributed by atoms with E-state index in [1.165, 1.54) is 0 Å². The van der Waals surface area contributed by atoms with Gasteiger partial charge in [0, 0.05) is 17.0 Å². The zero-order valence-electron chi connectivity index (χ0n) is 11.6. The monoisotopic (exact) mass is 298 g/mol. The Morgan fingerprint density at radius 1 is 1.14 bits per heavy atom. The third kappa shape index (κ3) is 2.84. The zero-order chi connectivity index (χ0) is 14.8. The zero-order valence-corrected chi connectivity index (χ0v) is 12.4. The second kappa shape index (κ2) is 5.72. The molecule has 0 saturated heterocycles. The van der Waals surface area contributed by atoms with Crippen LogP contribution in [0.25, 0.3) is 10.8 Å². The van der Waals surface area contributed by atoms with Crippen molar-refractivity contribution in [2.75, 3.05) is 0 Å². The molecule has 0 amide bonds. The van der Waals surface area contributed by atoms with Crippen molar-refractivity contribution in [3.8, 4) is 11.6 Å². The summed E-state index contributed by atoms with van der Waals surface area (Å²) in [5.41, 5.74) is 7.48. The average Bonchev–Trinajstić information content (AvgIpc) is 2.51. The van der Waals surface area contributed by atoms with Gasteiger partial charge in [-0.3, -0.25) is 0 Å². The Labute approximate surface area is 128 Å². The van der Waals surface area contributed by atoms with Crippen LogP contribution < -0.4 is 10.5 Å². The Balaban J connectivity index is 2.08. The summed E-state index contributed by atoms with van der Waals surface area (Å²) in [5.74, 6) is 1.28. The quantitative estimate of drug-likeness (QED) is 0.777. The maximum Gasteiger partial charge on any atom is 0.227 e. The molecule has 0 aliphatic heterocycles. The lowest BCUT2D eigenvalue weighted by Gasteiger charge is -2.11. The number of nitrogens with zero attached hydrogens (tertiary/aromatic N) is 1. The van der Waals surface area contributed by atoms with E-state index in [1.54, 1.807) is 0 Å². The lowest BCUT2D eigenvalue weighted by atomic mass is 10.1. The van der Waals surface area contributed by atoms with Crippen LogP contribution in [0.3, 0.4) is 0 Å². The molecule has 2 aromatic carbocycles. The first kappa shape index (κ1) is 13.9. The Kier molecular flexibility index (Phi) is 3.78. The van der Waals surface area contributed by atoms with E-state index in [2.05, 4.69) is 4.98 Å². The van der Waals surface area contributed by atoms with Gasteiger partial charge in [-0.05, 0) is 48.2 Å². The number of benzene rings is 2. The highest BCUT2D eigenvalue weighted by atomic mass is 35.5. The maximum absolute atomic E-state index is 6.04. The predicted molar refractivity (Wildman–Crippen MR) is 85.9 cm³/mol. The topological polar surface area (TPSA) is 48.1 Å². The Bertz CT molecular complexity index is 802. The van der Waals surface area contributed by atoms with Crippen LogP contribution >= 0.6 is 11.6 Å². The molecule has 21 heavy (non-hydrogen) atoms. The second-order valence-electron chi connectivity index (χ2n) is 4.86. The molecule has 4 heteroatoms. The summed E-state index contributed by atoms with van der Waals surface area (Å²) in [6.45, 7) is 2.32. The number of hydrogen-bond donors (Lipinski definition) is 1. The molecule has 0 aliphatic rings. The third-order valence-corrected chi connectivity index (χ3v) is 3.74. The molecular weight excluding hydrogens is 284 g/mol. The molecule has 0 spiro atoms. The molecule has 0 unspecified atom stereocenters. The van der Waals surface area contributed by atoms with E-state index in [-0.39, 0.29) is 0 Å². The Morgan fingerprint density at radius 3 is 2.71 bits per heavy atom. The summed E-state index contributed by atoms with van der Waals surface area (Å²) < 4.78 is 5.94. The van der Waals surface area contributed by atoms with Crippen molar-refractivity contribution in [1.29, 1.82) is 0 Å². The van der Waals surface area contributed by atoms with Gasteiger partial charge in [-0.15, -0.1) is 0 Å². The number of rotatable bonds is 3. The number of fused-ring (bicyclic) bond motifs is 1. The van der Waals surface area contributed by atoms with Gasteiger partial charge >= 0.3 is 0 Å². The fraction of sp³-hybridized carbons (Fsp3) is 0.118. The van der Waals surface area contributed by atoms with Gasteiger partial charge in [0.2, 0.25) is 5.88 Å². The van der Waals surface area contributed by atoms with Crippen molar-refractivity contribution < 1.29 is 4.74 Å². The Morgan fingerprint density at radius 2 is 1.95 bits per heavy atom. The molecule has 0 fully saturated rings. The molecule has 1 heterocycles. The number of nitrogens with two attached hydrogens (primary N) is 1. The van der Waals surface area contributed by atoms with Gasteiger partial charge < -0.3 is 10.5 Å². The summed E-state index contributed by atoms with van der Waals surface area (Å²) in [7, 11) is 0. The highest BCUT2D eigenvalue weighted by Gasteiger charge is 2.08. The molecule has 1 aromatic heterocycles. The summed E-state index contributed by atoms with van der Waals surface area (Å²) in [6.07, 6.45) is 0. The van der Waals surface area contributed by atoms with Crippen LogP contribution in [0.1, 0.15) is 11.3 Å². The van der Waals surface area contributed by atoms with Crippen molar-refractivity contribution in [3.63, 3.8) is 0 Å². The minimum absolute atomic E-state index is 0.376. The average molecular weight is 299 g/mol. The summed E-state index contributed by atoms with van der Waals surface area (Å²) >= 11 is 6.04. The highest BCUT2D eigenvalue weighted by Crippen LogP contribution is 2.30. The van der Waals surface area contributed by atoms with Crippen molar-refractivity contribution in [2.24, 2.45) is 5.73 Å². The molecule has 0 radical (unpaired) electrons. The molecule has 0 bridgehead atoms. The molecule has 0 atom stereocenters. The minimum atomic E-state index is 0.376. The normalized spacial score (nSPS) is 10.8. The van der Waals surface area contributed by atoms with E-state index >= 15 is 0 Å². The Hall–Kier alpha value is -2.10. The second-order valence-corrected chi connectivity index (χ2v) is 5.26. The van der Waals surface area contributed by atoms with E-state index < -0.39 is 0 Å². The minimum Gasteiger partial charge on any atom is -0.438 e. The molecular formula is C17H15ClN2O. The maximum atomic E-state index is 6.04. The predicted octanol–water partition coefficient (Wildman–Crippen LogP) is 4.45. The SMILES string of the molecule is Cc1cc(Oc2nc(CN)cc3ccccc23)ccc1Cl. The fourth-order valence-electron chi connectivity index (χ4n) is 2.19. The molecule has 2 N–H and O–H groups in total. The largest absolute Gasteiger partial charge is 0.438 e. The van der Waals surface area contributed by atoms with E-state index in [9.17, 15) is 0 Å². The van der Waals surface area contributed by atoms with Crippen molar-refractivity contribution in [3.05, 3.63) is 64.8 Å². The van der Waals surface area contributed by atoms with Gasteiger partial charge in [-0.1, -0.05) is 29.8 Å². The van der Waals surface area contributed by atoms with Crippen LogP contribution in [-0.2, 0) is 6.54 Å².